The van der Waals surface area contributed by atoms with Gasteiger partial charge in [-0.25, -0.2) is 4.79 Å². The predicted molar refractivity (Wildman–Crippen MR) is 106 cm³/mol. The van der Waals surface area contributed by atoms with Crippen LogP contribution in [0.3, 0.4) is 0 Å². The number of halogens is 3. The largest absolute Gasteiger partial charge is 0.444 e. The second-order valence-electron chi connectivity index (χ2n) is 8.69. The van der Waals surface area contributed by atoms with E-state index in [0.29, 0.717) is 44.8 Å². The molecule has 2 saturated heterocycles. The van der Waals surface area contributed by atoms with Gasteiger partial charge in [0.2, 0.25) is 5.91 Å². The highest BCUT2D eigenvalue weighted by Crippen LogP contribution is 2.32. The lowest BCUT2D eigenvalue weighted by molar-refractivity contribution is -0.137. The van der Waals surface area contributed by atoms with E-state index >= 15 is 0 Å². The molecule has 2 aliphatic rings. The lowest BCUT2D eigenvalue weighted by Gasteiger charge is -2.38. The molecule has 0 saturated carbocycles. The highest BCUT2D eigenvalue weighted by molar-refractivity contribution is 5.86. The van der Waals surface area contributed by atoms with Gasteiger partial charge in [-0.2, -0.15) is 13.2 Å². The highest BCUT2D eigenvalue weighted by Gasteiger charge is 2.39. The summed E-state index contributed by atoms with van der Waals surface area (Å²) in [5.74, 6) is -0.123. The molecule has 1 aromatic carbocycles. The summed E-state index contributed by atoms with van der Waals surface area (Å²) in [5.41, 5.74) is -0.824. The molecule has 166 valence electrons. The van der Waals surface area contributed by atoms with E-state index in [4.69, 9.17) is 4.74 Å². The minimum atomic E-state index is -4.39. The Bertz CT molecular complexity index is 784. The first-order chi connectivity index (χ1) is 14.0. The summed E-state index contributed by atoms with van der Waals surface area (Å²) < 4.78 is 44.3. The van der Waals surface area contributed by atoms with Gasteiger partial charge in [0.25, 0.3) is 0 Å². The summed E-state index contributed by atoms with van der Waals surface area (Å²) in [7, 11) is 0. The molecule has 0 aromatic heterocycles. The molecule has 9 heteroatoms. The number of carbonyl (C=O) groups is 2. The van der Waals surface area contributed by atoms with Gasteiger partial charge in [0.05, 0.1) is 5.56 Å². The van der Waals surface area contributed by atoms with E-state index in [1.54, 1.807) is 31.7 Å². The molecule has 1 atom stereocenters. The van der Waals surface area contributed by atoms with Crippen LogP contribution in [0.4, 0.5) is 23.7 Å². The van der Waals surface area contributed by atoms with Gasteiger partial charge in [0.15, 0.2) is 0 Å². The third-order valence-corrected chi connectivity index (χ3v) is 5.30. The molecule has 2 amide bonds. The van der Waals surface area contributed by atoms with Crippen molar-refractivity contribution >= 4 is 17.7 Å². The number of piperazine rings is 1. The zero-order chi connectivity index (χ0) is 22.1. The number of anilines is 1. The standard InChI is InChI=1S/C21H28F3N3O3/c1-20(2,3)30-19(29)27-9-5-8-17(27)18(28)26-12-10-25(11-13-26)16-7-4-6-15(14-16)21(22,23)24/h4,6-7,14,17H,5,8-13H2,1-3H3. The number of benzene rings is 1. The van der Waals surface area contributed by atoms with E-state index in [1.807, 2.05) is 4.90 Å². The topological polar surface area (TPSA) is 53.1 Å². The molecule has 6 nitrogen and oxygen atoms in total. The smallest absolute Gasteiger partial charge is 0.416 e. The lowest BCUT2D eigenvalue weighted by atomic mass is 10.1. The summed E-state index contributed by atoms with van der Waals surface area (Å²) in [5, 5.41) is 0. The van der Waals surface area contributed by atoms with Crippen molar-refractivity contribution in [3.8, 4) is 0 Å². The van der Waals surface area contributed by atoms with Gasteiger partial charge in [-0.15, -0.1) is 0 Å². The van der Waals surface area contributed by atoms with Gasteiger partial charge >= 0.3 is 12.3 Å². The Morgan fingerprint density at radius 2 is 1.70 bits per heavy atom. The van der Waals surface area contributed by atoms with E-state index in [2.05, 4.69) is 0 Å². The van der Waals surface area contributed by atoms with E-state index in [1.165, 1.54) is 11.0 Å². The molecule has 0 aliphatic carbocycles. The van der Waals surface area contributed by atoms with Crippen LogP contribution in [0.25, 0.3) is 0 Å². The molecule has 0 radical (unpaired) electrons. The first kappa shape index (κ1) is 22.2. The molecule has 2 fully saturated rings. The van der Waals surface area contributed by atoms with Crippen LogP contribution in [-0.2, 0) is 15.7 Å². The normalized spacial score (nSPS) is 20.5. The Morgan fingerprint density at radius 3 is 2.30 bits per heavy atom. The number of nitrogens with zero attached hydrogens (tertiary/aromatic N) is 3. The summed E-state index contributed by atoms with van der Waals surface area (Å²) in [6.07, 6.45) is -3.55. The van der Waals surface area contributed by atoms with Gasteiger partial charge < -0.3 is 14.5 Å². The van der Waals surface area contributed by atoms with Crippen molar-refractivity contribution in [3.05, 3.63) is 29.8 Å². The SMILES string of the molecule is CC(C)(C)OC(=O)N1CCCC1C(=O)N1CCN(c2cccc(C(F)(F)F)c2)CC1. The van der Waals surface area contributed by atoms with Crippen LogP contribution in [0.2, 0.25) is 0 Å². The van der Waals surface area contributed by atoms with Crippen molar-refractivity contribution in [2.24, 2.45) is 0 Å². The average molecular weight is 427 g/mol. The lowest BCUT2D eigenvalue weighted by Crippen LogP contribution is -2.55. The number of hydrogen-bond donors (Lipinski definition) is 0. The maximum absolute atomic E-state index is 13.0. The molecule has 1 aromatic rings. The fourth-order valence-corrected chi connectivity index (χ4v) is 3.84. The number of alkyl halides is 3. The number of hydrogen-bond acceptors (Lipinski definition) is 4. The summed E-state index contributed by atoms with van der Waals surface area (Å²) in [6.45, 7) is 7.50. The van der Waals surface area contributed by atoms with Gasteiger partial charge in [-0.3, -0.25) is 9.69 Å². The Labute approximate surface area is 174 Å². The Balaban J connectivity index is 1.61. The molecule has 1 unspecified atom stereocenters. The van der Waals surface area contributed by atoms with E-state index in [0.717, 1.165) is 18.6 Å². The summed E-state index contributed by atoms with van der Waals surface area (Å²) in [6, 6.07) is 4.69. The zero-order valence-electron chi connectivity index (χ0n) is 17.5. The molecule has 2 aliphatic heterocycles. The van der Waals surface area contributed by atoms with Crippen molar-refractivity contribution in [1.82, 2.24) is 9.80 Å². The number of rotatable bonds is 2. The predicted octanol–water partition coefficient (Wildman–Crippen LogP) is 3.75. The first-order valence-electron chi connectivity index (χ1n) is 10.2. The molecular formula is C21H28F3N3O3. The number of likely N-dealkylation sites (tertiary alicyclic amines) is 1. The van der Waals surface area contributed by atoms with Crippen molar-refractivity contribution < 1.29 is 27.5 Å². The third kappa shape index (κ3) is 5.17. The van der Waals surface area contributed by atoms with Gasteiger partial charge in [-0.1, -0.05) is 6.07 Å². The van der Waals surface area contributed by atoms with Crippen LogP contribution in [0, 0.1) is 0 Å². The maximum atomic E-state index is 13.0. The van der Waals surface area contributed by atoms with Gasteiger partial charge in [-0.05, 0) is 51.8 Å². The molecule has 30 heavy (non-hydrogen) atoms. The highest BCUT2D eigenvalue weighted by atomic mass is 19.4. The number of carbonyl (C=O) groups excluding carboxylic acids is 2. The van der Waals surface area contributed by atoms with Crippen LogP contribution >= 0.6 is 0 Å². The quantitative estimate of drug-likeness (QED) is 0.721. The molecule has 0 N–H and O–H groups in total. The number of amides is 2. The number of ether oxygens (including phenoxy) is 1. The average Bonchev–Trinajstić information content (AvgIpc) is 3.16. The second-order valence-corrected chi connectivity index (χ2v) is 8.69. The fraction of sp³-hybridized carbons (Fsp3) is 0.619. The Hall–Kier alpha value is -2.45. The van der Waals surface area contributed by atoms with Crippen molar-refractivity contribution in [1.29, 1.82) is 0 Å². The van der Waals surface area contributed by atoms with Crippen LogP contribution in [0.15, 0.2) is 24.3 Å². The van der Waals surface area contributed by atoms with E-state index in [9.17, 15) is 22.8 Å². The van der Waals surface area contributed by atoms with Crippen LogP contribution in [0.1, 0.15) is 39.2 Å². The van der Waals surface area contributed by atoms with Gasteiger partial charge in [0.1, 0.15) is 11.6 Å². The van der Waals surface area contributed by atoms with E-state index < -0.39 is 29.5 Å². The van der Waals surface area contributed by atoms with Crippen LogP contribution in [0.5, 0.6) is 0 Å². The third-order valence-electron chi connectivity index (χ3n) is 5.30. The van der Waals surface area contributed by atoms with Crippen molar-refractivity contribution in [2.45, 2.75) is 51.4 Å². The van der Waals surface area contributed by atoms with Gasteiger partial charge in [0, 0.05) is 38.4 Å². The fourth-order valence-electron chi connectivity index (χ4n) is 3.84. The minimum absolute atomic E-state index is 0.123. The second kappa shape index (κ2) is 8.35. The van der Waals surface area contributed by atoms with Crippen LogP contribution < -0.4 is 4.90 Å². The minimum Gasteiger partial charge on any atom is -0.444 e. The molecular weight excluding hydrogens is 399 g/mol. The maximum Gasteiger partial charge on any atom is 0.416 e. The van der Waals surface area contributed by atoms with Crippen molar-refractivity contribution in [3.63, 3.8) is 0 Å². The summed E-state index contributed by atoms with van der Waals surface area (Å²) in [4.78, 5) is 30.5. The molecule has 0 spiro atoms. The Kier molecular flexibility index (Phi) is 6.19. The first-order valence-corrected chi connectivity index (χ1v) is 10.2. The molecule has 2 heterocycles. The molecule has 3 rings (SSSR count). The zero-order valence-corrected chi connectivity index (χ0v) is 17.5. The van der Waals surface area contributed by atoms with Crippen LogP contribution in [-0.4, -0.2) is 66.2 Å². The van der Waals surface area contributed by atoms with Crippen molar-refractivity contribution in [2.75, 3.05) is 37.6 Å². The summed E-state index contributed by atoms with van der Waals surface area (Å²) >= 11 is 0. The molecule has 0 bridgehead atoms. The van der Waals surface area contributed by atoms with E-state index in [-0.39, 0.29) is 5.91 Å². The monoisotopic (exact) mass is 427 g/mol. The Morgan fingerprint density at radius 1 is 1.03 bits per heavy atom.